The van der Waals surface area contributed by atoms with Gasteiger partial charge in [-0.1, -0.05) is 19.9 Å². The zero-order valence-electron chi connectivity index (χ0n) is 16.5. The van der Waals surface area contributed by atoms with Gasteiger partial charge < -0.3 is 10.2 Å². The third kappa shape index (κ3) is 2.22. The first kappa shape index (κ1) is 19.9. The van der Waals surface area contributed by atoms with E-state index in [-0.39, 0.29) is 41.8 Å². The fraction of sp³-hybridized carbons (Fsp3) is 0.727. The van der Waals surface area contributed by atoms with E-state index in [0.717, 1.165) is 0 Å². The Bertz CT molecular complexity index is 791. The zero-order valence-corrected chi connectivity index (χ0v) is 16.5. The summed E-state index contributed by atoms with van der Waals surface area (Å²) < 4.78 is 32.0. The molecule has 3 fully saturated rings. The van der Waals surface area contributed by atoms with E-state index in [0.29, 0.717) is 6.42 Å². The SMILES string of the molecule is C[C@@H]1CC2[C@@H]3C[C@H](F)C4=CC(=O)C=C[C@]4(C)[C@@]3(F)[C@@H](O)C[C@]2(C)[C@H]1C(=O)CO. The van der Waals surface area contributed by atoms with Crippen LogP contribution in [0.2, 0.25) is 0 Å². The van der Waals surface area contributed by atoms with Crippen molar-refractivity contribution in [1.29, 1.82) is 0 Å². The Morgan fingerprint density at radius 1 is 1.29 bits per heavy atom. The highest BCUT2D eigenvalue weighted by atomic mass is 19.1. The number of ketones is 2. The van der Waals surface area contributed by atoms with Crippen molar-refractivity contribution < 1.29 is 28.6 Å². The third-order valence-electron chi connectivity index (χ3n) is 8.47. The van der Waals surface area contributed by atoms with Gasteiger partial charge in [-0.25, -0.2) is 8.78 Å². The van der Waals surface area contributed by atoms with Gasteiger partial charge in [0.1, 0.15) is 12.8 Å². The quantitative estimate of drug-likeness (QED) is 0.755. The second kappa shape index (κ2) is 6.05. The molecule has 0 aromatic heterocycles. The van der Waals surface area contributed by atoms with Gasteiger partial charge in [0.2, 0.25) is 0 Å². The molecule has 0 aliphatic heterocycles. The number of fused-ring (bicyclic) bond motifs is 5. The van der Waals surface area contributed by atoms with Crippen LogP contribution in [0.15, 0.2) is 23.8 Å². The van der Waals surface area contributed by atoms with Gasteiger partial charge in [-0.3, -0.25) is 9.59 Å². The Morgan fingerprint density at radius 3 is 2.61 bits per heavy atom. The Balaban J connectivity index is 1.84. The molecule has 154 valence electrons. The predicted molar refractivity (Wildman–Crippen MR) is 98.8 cm³/mol. The molecule has 0 spiro atoms. The molecule has 28 heavy (non-hydrogen) atoms. The number of aliphatic hydroxyl groups excluding tert-OH is 2. The van der Waals surface area contributed by atoms with Crippen molar-refractivity contribution in [3.63, 3.8) is 0 Å². The van der Waals surface area contributed by atoms with Gasteiger partial charge in [-0.15, -0.1) is 0 Å². The number of halogens is 2. The minimum Gasteiger partial charge on any atom is -0.390 e. The average Bonchev–Trinajstić information content (AvgIpc) is 2.89. The van der Waals surface area contributed by atoms with Gasteiger partial charge in [0.15, 0.2) is 17.2 Å². The van der Waals surface area contributed by atoms with Crippen molar-refractivity contribution in [2.75, 3.05) is 6.61 Å². The van der Waals surface area contributed by atoms with Crippen LogP contribution in [0.5, 0.6) is 0 Å². The summed E-state index contributed by atoms with van der Waals surface area (Å²) in [5, 5.41) is 20.5. The smallest absolute Gasteiger partial charge is 0.178 e. The summed E-state index contributed by atoms with van der Waals surface area (Å²) in [4.78, 5) is 24.3. The van der Waals surface area contributed by atoms with E-state index in [2.05, 4.69) is 0 Å². The molecule has 4 aliphatic rings. The van der Waals surface area contributed by atoms with Gasteiger partial charge in [0.25, 0.3) is 0 Å². The third-order valence-corrected chi connectivity index (χ3v) is 8.47. The molecular formula is C22H28F2O4. The van der Waals surface area contributed by atoms with Gasteiger partial charge >= 0.3 is 0 Å². The fourth-order valence-corrected chi connectivity index (χ4v) is 7.36. The van der Waals surface area contributed by atoms with Crippen LogP contribution in [0.3, 0.4) is 0 Å². The molecule has 4 rings (SSSR count). The molecule has 0 heterocycles. The van der Waals surface area contributed by atoms with Crippen molar-refractivity contribution in [3.8, 4) is 0 Å². The van der Waals surface area contributed by atoms with Crippen molar-refractivity contribution in [3.05, 3.63) is 23.8 Å². The number of alkyl halides is 2. The second-order valence-corrected chi connectivity index (χ2v) is 9.76. The molecule has 0 bridgehead atoms. The predicted octanol–water partition coefficient (Wildman–Crippen LogP) is 2.73. The first-order valence-electron chi connectivity index (χ1n) is 10.1. The molecule has 4 aliphatic carbocycles. The topological polar surface area (TPSA) is 74.6 Å². The maximum atomic E-state index is 16.8. The van der Waals surface area contributed by atoms with Crippen LogP contribution in [0, 0.1) is 34.5 Å². The standard InChI is InChI=1S/C22H28F2O4/c1-11-6-13-14-8-16(23)15-7-12(26)4-5-21(15,3)22(14,24)18(28)9-20(13,2)19(11)17(27)10-25/h4-5,7,11,13-14,16,18-19,25,28H,6,8-10H2,1-3H3/t11-,13?,14+,16+,18+,19-,20+,21+,22+/m1/s1. The van der Waals surface area contributed by atoms with Crippen LogP contribution < -0.4 is 0 Å². The second-order valence-electron chi connectivity index (χ2n) is 9.76. The van der Waals surface area contributed by atoms with Crippen molar-refractivity contribution >= 4 is 11.6 Å². The van der Waals surface area contributed by atoms with E-state index in [9.17, 15) is 19.8 Å². The van der Waals surface area contributed by atoms with Crippen molar-refractivity contribution in [1.82, 2.24) is 0 Å². The first-order valence-corrected chi connectivity index (χ1v) is 10.1. The molecule has 0 amide bonds. The minimum atomic E-state index is -2.11. The summed E-state index contributed by atoms with van der Waals surface area (Å²) in [6, 6.07) is 0. The Labute approximate surface area is 163 Å². The molecule has 0 aromatic carbocycles. The molecule has 0 aromatic rings. The summed E-state index contributed by atoms with van der Waals surface area (Å²) >= 11 is 0. The lowest BCUT2D eigenvalue weighted by Crippen LogP contribution is -2.68. The van der Waals surface area contributed by atoms with Crippen LogP contribution in [0.4, 0.5) is 8.78 Å². The maximum Gasteiger partial charge on any atom is 0.178 e. The number of carbonyl (C=O) groups is 2. The zero-order chi connectivity index (χ0) is 20.6. The molecule has 0 saturated heterocycles. The van der Waals surface area contributed by atoms with Gasteiger partial charge in [0.05, 0.1) is 6.10 Å². The summed E-state index contributed by atoms with van der Waals surface area (Å²) in [7, 11) is 0. The monoisotopic (exact) mass is 394 g/mol. The van der Waals surface area contributed by atoms with E-state index in [1.54, 1.807) is 6.92 Å². The summed E-state index contributed by atoms with van der Waals surface area (Å²) in [6.07, 6.45) is 1.52. The highest BCUT2D eigenvalue weighted by molar-refractivity contribution is 6.01. The normalized spacial score (nSPS) is 52.5. The number of Topliss-reactive ketones (excluding diaryl/α,β-unsaturated/α-hetero) is 1. The van der Waals surface area contributed by atoms with Crippen LogP contribution in [-0.2, 0) is 9.59 Å². The Hall–Kier alpha value is -1.40. The van der Waals surface area contributed by atoms with Crippen LogP contribution in [0.1, 0.15) is 40.0 Å². The van der Waals surface area contributed by atoms with Crippen molar-refractivity contribution in [2.24, 2.45) is 34.5 Å². The Kier molecular flexibility index (Phi) is 4.30. The van der Waals surface area contributed by atoms with Crippen LogP contribution in [-0.4, -0.2) is 46.3 Å². The lowest BCUT2D eigenvalue weighted by molar-refractivity contribution is -0.202. The Morgan fingerprint density at radius 2 is 1.96 bits per heavy atom. The molecule has 6 heteroatoms. The summed E-state index contributed by atoms with van der Waals surface area (Å²) in [6.45, 7) is 4.78. The van der Waals surface area contributed by atoms with E-state index in [1.807, 2.05) is 13.8 Å². The summed E-state index contributed by atoms with van der Waals surface area (Å²) in [5.74, 6) is -2.26. The maximum absolute atomic E-state index is 16.8. The molecule has 9 atom stereocenters. The largest absolute Gasteiger partial charge is 0.390 e. The lowest BCUT2D eigenvalue weighted by Gasteiger charge is -2.62. The number of allylic oxidation sites excluding steroid dienone is 4. The minimum absolute atomic E-state index is 0.0736. The average molecular weight is 394 g/mol. The number of aliphatic hydroxyl groups is 2. The fourth-order valence-electron chi connectivity index (χ4n) is 7.36. The van der Waals surface area contributed by atoms with Crippen LogP contribution in [0.25, 0.3) is 0 Å². The highest BCUT2D eigenvalue weighted by Gasteiger charge is 2.73. The van der Waals surface area contributed by atoms with Gasteiger partial charge in [0, 0.05) is 17.3 Å². The molecule has 1 unspecified atom stereocenters. The molecule has 3 saturated carbocycles. The first-order chi connectivity index (χ1) is 13.0. The summed E-state index contributed by atoms with van der Waals surface area (Å²) in [5.41, 5.74) is -4.09. The number of hydrogen-bond donors (Lipinski definition) is 2. The highest BCUT2D eigenvalue weighted by Crippen LogP contribution is 2.70. The number of carbonyl (C=O) groups excluding carboxylic acids is 2. The molecule has 2 N–H and O–H groups in total. The molecule has 4 nitrogen and oxygen atoms in total. The van der Waals surface area contributed by atoms with E-state index < -0.39 is 47.2 Å². The number of rotatable bonds is 2. The van der Waals surface area contributed by atoms with Crippen LogP contribution >= 0.6 is 0 Å². The van der Waals surface area contributed by atoms with E-state index >= 15 is 8.78 Å². The molecule has 0 radical (unpaired) electrons. The van der Waals surface area contributed by atoms with Gasteiger partial charge in [-0.2, -0.15) is 0 Å². The van der Waals surface area contributed by atoms with Crippen molar-refractivity contribution in [2.45, 2.75) is 58.0 Å². The van der Waals surface area contributed by atoms with E-state index in [4.69, 9.17) is 0 Å². The number of hydrogen-bond acceptors (Lipinski definition) is 4. The van der Waals surface area contributed by atoms with Gasteiger partial charge in [-0.05, 0) is 61.2 Å². The molecular weight excluding hydrogens is 366 g/mol. The van der Waals surface area contributed by atoms with E-state index in [1.165, 1.54) is 18.2 Å². The lowest BCUT2D eigenvalue weighted by atomic mass is 9.45.